The minimum atomic E-state index is -2.02. The molecule has 22 heteroatoms. The molecule has 0 atom stereocenters. The predicted octanol–water partition coefficient (Wildman–Crippen LogP) is 18.9. The van der Waals surface area contributed by atoms with E-state index in [-0.39, 0.29) is 66.4 Å². The maximum atomic E-state index is 13.8. The van der Waals surface area contributed by atoms with Crippen molar-refractivity contribution < 1.29 is 51.8 Å². The Hall–Kier alpha value is -4.28. The fraction of sp³-hybridized carbons (Fsp3) is 0.750. The summed E-state index contributed by atoms with van der Waals surface area (Å²) in [5, 5.41) is 2.17. The van der Waals surface area contributed by atoms with Gasteiger partial charge in [0.05, 0.1) is 33.6 Å². The number of aromatic nitrogens is 4. The summed E-state index contributed by atoms with van der Waals surface area (Å²) in [7, 11) is -5.02. The van der Waals surface area contributed by atoms with Crippen molar-refractivity contribution in [2.75, 3.05) is 26.2 Å². The van der Waals surface area contributed by atoms with Gasteiger partial charge in [-0.1, -0.05) is 89.1 Å². The van der Waals surface area contributed by atoms with Crippen molar-refractivity contribution in [1.29, 1.82) is 0 Å². The van der Waals surface area contributed by atoms with Crippen LogP contribution >= 0.6 is 0 Å². The number of allylic oxidation sites excluding steroid dienone is 1. The molecule has 0 spiro atoms. The summed E-state index contributed by atoms with van der Waals surface area (Å²) in [6, 6.07) is 4.42. The highest BCUT2D eigenvalue weighted by molar-refractivity contribution is 6.83. The van der Waals surface area contributed by atoms with Gasteiger partial charge in [0.25, 0.3) is 0 Å². The van der Waals surface area contributed by atoms with Crippen LogP contribution in [0.5, 0.6) is 0 Å². The highest BCUT2D eigenvalue weighted by Gasteiger charge is 2.58. The molecule has 0 unspecified atom stereocenters. The SMILES string of the molecule is CC1(C)OB(CB2OC(C)(C)C(C)(C)O2)OC1(C)C.Cc1cnc2c(ccn2[Si](C(C)C)(C(C)C)C(C)C)c1/C(=C\B1OC(C)(C)C(C)(C)O1)C1CCN(C(=O)OC(C)(C)C)CC1.Cc1cnc2c(ccn2[Si](C(C)C)(C(C)C)C(C)C)c1C(=O)C1CCN(C(=O)OC(C)(C)C)CC1. The second-order valence-corrected chi connectivity index (χ2v) is 47.3. The molecule has 4 aromatic heterocycles. The van der Waals surface area contributed by atoms with Crippen LogP contribution in [-0.2, 0) is 37.4 Å². The number of aryl methyl sites for hydroxylation is 2. The third kappa shape index (κ3) is 16.4. The number of nitrogens with zero attached hydrogens (tertiary/aromatic N) is 6. The summed E-state index contributed by atoms with van der Waals surface area (Å²) in [6.07, 6.45) is 11.5. The molecule has 2 amide bonds. The number of Topliss-reactive ketones (excluding diaryl/α,β-unsaturated/α-hetero) is 1. The summed E-state index contributed by atoms with van der Waals surface area (Å²) >= 11 is 0. The molecule has 0 aliphatic carbocycles. The van der Waals surface area contributed by atoms with E-state index in [0.29, 0.717) is 78.5 Å². The molecule has 9 rings (SSSR count). The normalized spacial score (nSPS) is 20.8. The molecule has 0 bridgehead atoms. The zero-order chi connectivity index (χ0) is 74.0. The second-order valence-electron chi connectivity index (χ2n) is 35.9. The van der Waals surface area contributed by atoms with Crippen LogP contribution in [0.4, 0.5) is 9.59 Å². The van der Waals surface area contributed by atoms with E-state index >= 15 is 0 Å². The standard InChI is InChI=1S/C35H58BN3O4Si.C28H45N3O3Si.C13H26B2O4/c1-23(2)44(24(3)4,25(5)6)39-20-17-28-30(26(7)22-37-31(28)39)29(21-36-42-34(11,12)35(13,14)43-36)27-15-18-38(19-16-27)32(40)41-33(8,9)10;1-18(2)35(19(3)4,20(5)6)31-16-13-23-24(21(7)17-29-26(23)31)25(32)22-11-14-30(15-12-22)27(33)34-28(8,9)10;1-10(2)11(3,4)17-14(16-10)9-15-18-12(5,6)13(7,8)19-15/h17,20-25,27H,15-16,18-19H2,1-14H3;13,16-20,22H,11-12,14-15H2,1-10H3;9H2,1-8H3/b29-21-;;. The highest BCUT2D eigenvalue weighted by Crippen LogP contribution is 2.49. The zero-order valence-electron chi connectivity index (χ0n) is 66.9. The lowest BCUT2D eigenvalue weighted by molar-refractivity contribution is 0.00578. The van der Waals surface area contributed by atoms with Crippen LogP contribution < -0.4 is 0 Å². The number of pyridine rings is 2. The molecule has 9 heterocycles. The molecule has 0 aromatic carbocycles. The minimum Gasteiger partial charge on any atom is -0.444 e. The first-order chi connectivity index (χ1) is 44.8. The van der Waals surface area contributed by atoms with E-state index in [1.165, 1.54) is 16.5 Å². The Labute approximate surface area is 595 Å². The Morgan fingerprint density at radius 1 is 0.500 bits per heavy atom. The summed E-state index contributed by atoms with van der Waals surface area (Å²) in [4.78, 5) is 52.8. The molecule has 17 nitrogen and oxygen atoms in total. The molecular formula is C76H129B3N6O11Si2. The number of rotatable bonds is 15. The van der Waals surface area contributed by atoms with Crippen molar-refractivity contribution in [1.82, 2.24) is 28.2 Å². The third-order valence-corrected chi connectivity index (χ3v) is 36.9. The van der Waals surface area contributed by atoms with Gasteiger partial charge in [0.15, 0.2) is 22.3 Å². The smallest absolute Gasteiger partial charge is 0.444 e. The van der Waals surface area contributed by atoms with Crippen molar-refractivity contribution in [2.24, 2.45) is 11.8 Å². The number of ketones is 1. The highest BCUT2D eigenvalue weighted by atomic mass is 28.3. The van der Waals surface area contributed by atoms with Gasteiger partial charge in [0.2, 0.25) is 0 Å². The number of amides is 2. The van der Waals surface area contributed by atoms with E-state index < -0.39 is 46.0 Å². The number of likely N-dealkylation sites (tertiary alicyclic amines) is 2. The number of ether oxygens (including phenoxy) is 2. The van der Waals surface area contributed by atoms with Gasteiger partial charge in [0.1, 0.15) is 22.5 Å². The number of piperidine rings is 2. The molecular weight excluding hydrogens is 1260 g/mol. The molecule has 5 aliphatic heterocycles. The quantitative estimate of drug-likeness (QED) is 0.0815. The average Bonchev–Trinajstić information content (AvgIpc) is 1.52. The van der Waals surface area contributed by atoms with Gasteiger partial charge in [0, 0.05) is 67.0 Å². The van der Waals surface area contributed by atoms with E-state index in [1.54, 1.807) is 4.90 Å². The summed E-state index contributed by atoms with van der Waals surface area (Å²) in [6.45, 7) is 71.2. The molecule has 0 saturated carbocycles. The average molecular weight is 1390 g/mol. The largest absolute Gasteiger partial charge is 0.487 e. The maximum absolute atomic E-state index is 13.8. The molecule has 4 aromatic rings. The van der Waals surface area contributed by atoms with E-state index in [4.69, 9.17) is 47.4 Å². The first-order valence-electron chi connectivity index (χ1n) is 37.0. The van der Waals surface area contributed by atoms with Crippen LogP contribution in [0.25, 0.3) is 27.6 Å². The summed E-state index contributed by atoms with van der Waals surface area (Å²) < 4.78 is 53.3. The van der Waals surface area contributed by atoms with Crippen molar-refractivity contribution in [2.45, 2.75) is 332 Å². The first kappa shape index (κ1) is 81.0. The van der Waals surface area contributed by atoms with Gasteiger partial charge in [-0.3, -0.25) is 4.79 Å². The van der Waals surface area contributed by atoms with Gasteiger partial charge in [-0.15, -0.1) is 0 Å². The van der Waals surface area contributed by atoms with Crippen LogP contribution in [0.15, 0.2) is 42.9 Å². The van der Waals surface area contributed by atoms with Crippen LogP contribution in [0.3, 0.4) is 0 Å². The third-order valence-electron chi connectivity index (χ3n) is 23.4. The molecule has 5 aliphatic rings. The van der Waals surface area contributed by atoms with Crippen molar-refractivity contribution in [3.63, 3.8) is 0 Å². The van der Waals surface area contributed by atoms with Crippen molar-refractivity contribution >= 4 is 83.4 Å². The number of carbonyl (C=O) groups excluding carboxylic acids is 3. The number of hydrogen-bond donors (Lipinski definition) is 0. The lowest BCUT2D eigenvalue weighted by Crippen LogP contribution is -2.51. The Morgan fingerprint density at radius 3 is 1.11 bits per heavy atom. The Kier molecular flexibility index (Phi) is 24.4. The maximum Gasteiger partial charge on any atom is 0.487 e. The first-order valence-corrected chi connectivity index (χ1v) is 41.4. The Morgan fingerprint density at radius 2 is 0.796 bits per heavy atom. The van der Waals surface area contributed by atoms with E-state index in [9.17, 15) is 14.4 Å². The van der Waals surface area contributed by atoms with Gasteiger partial charge in [-0.05, 0) is 250 Å². The van der Waals surface area contributed by atoms with Crippen molar-refractivity contribution in [3.05, 3.63) is 65.1 Å². The van der Waals surface area contributed by atoms with Crippen LogP contribution in [0.1, 0.15) is 260 Å². The zero-order valence-corrected chi connectivity index (χ0v) is 68.9. The second kappa shape index (κ2) is 29.5. The lowest BCUT2D eigenvalue weighted by Gasteiger charge is -2.44. The fourth-order valence-electron chi connectivity index (χ4n) is 16.7. The number of hydrogen-bond acceptors (Lipinski definition) is 13. The molecule has 5 fully saturated rings. The van der Waals surface area contributed by atoms with Crippen LogP contribution in [0, 0.1) is 25.7 Å². The number of carbonyl (C=O) groups is 3. The molecule has 0 N–H and O–H groups in total. The fourth-order valence-corrected chi connectivity index (χ4v) is 29.8. The number of fused-ring (bicyclic) bond motifs is 2. The monoisotopic (exact) mass is 1390 g/mol. The lowest BCUT2D eigenvalue weighted by atomic mass is 9.64. The van der Waals surface area contributed by atoms with E-state index in [2.05, 4.69) is 218 Å². The van der Waals surface area contributed by atoms with E-state index in [0.717, 1.165) is 46.2 Å². The van der Waals surface area contributed by atoms with Gasteiger partial charge in [-0.25, -0.2) is 19.6 Å². The predicted molar refractivity (Wildman–Crippen MR) is 408 cm³/mol. The van der Waals surface area contributed by atoms with Crippen LogP contribution in [-0.4, -0.2) is 155 Å². The van der Waals surface area contributed by atoms with Crippen molar-refractivity contribution in [3.8, 4) is 0 Å². The molecule has 546 valence electrons. The molecule has 0 radical (unpaired) electrons. The summed E-state index contributed by atoms with van der Waals surface area (Å²) in [5.74, 6) is 2.55. The molecule has 98 heavy (non-hydrogen) atoms. The topological polar surface area (TPSA) is 167 Å². The van der Waals surface area contributed by atoms with Crippen LogP contribution in [0.2, 0.25) is 39.5 Å². The molecule has 5 saturated heterocycles. The summed E-state index contributed by atoms with van der Waals surface area (Å²) in [5.41, 5.74) is 7.59. The Balaban J connectivity index is 0.000000222. The van der Waals surface area contributed by atoms with Gasteiger partial charge < -0.3 is 55.7 Å². The van der Waals surface area contributed by atoms with Gasteiger partial charge in [-0.2, -0.15) is 0 Å². The minimum absolute atomic E-state index is 0.0939. The Bertz CT molecular complexity index is 3360. The van der Waals surface area contributed by atoms with Gasteiger partial charge >= 0.3 is 33.5 Å². The van der Waals surface area contributed by atoms with E-state index in [1.807, 2.05) is 59.6 Å².